The van der Waals surface area contributed by atoms with Crippen LogP contribution in [0.5, 0.6) is 0 Å². The van der Waals surface area contributed by atoms with Crippen molar-refractivity contribution in [3.05, 3.63) is 11.1 Å². The summed E-state index contributed by atoms with van der Waals surface area (Å²) in [4.78, 5) is 23.2. The third kappa shape index (κ3) is 2.43. The van der Waals surface area contributed by atoms with Crippen molar-refractivity contribution >= 4 is 11.9 Å². The van der Waals surface area contributed by atoms with Gasteiger partial charge in [0.25, 0.3) is 0 Å². The van der Waals surface area contributed by atoms with E-state index in [2.05, 4.69) is 0 Å². The van der Waals surface area contributed by atoms with Gasteiger partial charge in [0.2, 0.25) is 0 Å². The summed E-state index contributed by atoms with van der Waals surface area (Å²) in [6, 6.07) is 0. The molecule has 1 aliphatic rings. The van der Waals surface area contributed by atoms with Crippen molar-refractivity contribution < 1.29 is 19.1 Å². The summed E-state index contributed by atoms with van der Waals surface area (Å²) in [6.45, 7) is 3.97. The highest BCUT2D eigenvalue weighted by molar-refractivity contribution is 5.83. The van der Waals surface area contributed by atoms with Gasteiger partial charge in [0.05, 0.1) is 26.1 Å². The van der Waals surface area contributed by atoms with Gasteiger partial charge in [-0.25, -0.2) is 0 Å². The highest BCUT2D eigenvalue weighted by Gasteiger charge is 2.38. The number of esters is 2. The van der Waals surface area contributed by atoms with Crippen LogP contribution in [-0.4, -0.2) is 26.2 Å². The Hall–Kier alpha value is -1.32. The van der Waals surface area contributed by atoms with E-state index in [9.17, 15) is 9.59 Å². The maximum atomic E-state index is 11.6. The van der Waals surface area contributed by atoms with Gasteiger partial charge in [-0.1, -0.05) is 11.1 Å². The number of carbonyl (C=O) groups is 2. The SMILES string of the molecule is COC(=O)[C@H]1CC(C)=C(C)C[C@@H]1C(=O)OC. The van der Waals surface area contributed by atoms with E-state index in [1.54, 1.807) is 0 Å². The van der Waals surface area contributed by atoms with Crippen molar-refractivity contribution in [1.29, 1.82) is 0 Å². The van der Waals surface area contributed by atoms with Crippen LogP contribution >= 0.6 is 0 Å². The zero-order valence-corrected chi connectivity index (χ0v) is 10.2. The molecule has 2 atom stereocenters. The Morgan fingerprint density at radius 3 is 1.50 bits per heavy atom. The smallest absolute Gasteiger partial charge is 0.309 e. The molecule has 0 N–H and O–H groups in total. The summed E-state index contributed by atoms with van der Waals surface area (Å²) in [5.74, 6) is -1.47. The van der Waals surface area contributed by atoms with Crippen LogP contribution in [0.1, 0.15) is 26.7 Å². The summed E-state index contributed by atoms with van der Waals surface area (Å²) in [5.41, 5.74) is 2.33. The van der Waals surface area contributed by atoms with E-state index in [0.29, 0.717) is 12.8 Å². The molecule has 0 heterocycles. The van der Waals surface area contributed by atoms with Gasteiger partial charge in [-0.05, 0) is 26.7 Å². The molecule has 0 aliphatic heterocycles. The number of hydrogen-bond acceptors (Lipinski definition) is 4. The summed E-state index contributed by atoms with van der Waals surface area (Å²) in [7, 11) is 2.69. The Bertz CT molecular complexity index is 298. The van der Waals surface area contributed by atoms with Gasteiger partial charge in [0, 0.05) is 0 Å². The molecule has 90 valence electrons. The van der Waals surface area contributed by atoms with Crippen molar-refractivity contribution in [3.63, 3.8) is 0 Å². The lowest BCUT2D eigenvalue weighted by molar-refractivity contribution is -0.157. The van der Waals surface area contributed by atoms with E-state index in [1.807, 2.05) is 13.8 Å². The third-order valence-electron chi connectivity index (χ3n) is 3.27. The first-order valence-corrected chi connectivity index (χ1v) is 5.32. The Morgan fingerprint density at radius 1 is 0.938 bits per heavy atom. The standard InChI is InChI=1S/C12H18O4/c1-7-5-9(11(13)15-3)10(6-8(7)2)12(14)16-4/h9-10H,5-6H2,1-4H3/t9-,10-/m0/s1. The van der Waals surface area contributed by atoms with Crippen molar-refractivity contribution in [2.75, 3.05) is 14.2 Å². The molecule has 1 aliphatic carbocycles. The molecule has 0 aromatic rings. The molecule has 1 rings (SSSR count). The summed E-state index contributed by atoms with van der Waals surface area (Å²) >= 11 is 0. The van der Waals surface area contributed by atoms with Gasteiger partial charge < -0.3 is 9.47 Å². The lowest BCUT2D eigenvalue weighted by Crippen LogP contribution is -2.34. The van der Waals surface area contributed by atoms with Crippen LogP contribution in [0.4, 0.5) is 0 Å². The largest absolute Gasteiger partial charge is 0.469 e. The molecule has 0 aromatic heterocycles. The monoisotopic (exact) mass is 226 g/mol. The predicted molar refractivity (Wildman–Crippen MR) is 58.6 cm³/mol. The topological polar surface area (TPSA) is 52.6 Å². The lowest BCUT2D eigenvalue weighted by Gasteiger charge is -2.29. The van der Waals surface area contributed by atoms with Crippen LogP contribution in [0.15, 0.2) is 11.1 Å². The van der Waals surface area contributed by atoms with Crippen molar-refractivity contribution in [2.45, 2.75) is 26.7 Å². The van der Waals surface area contributed by atoms with Crippen LogP contribution in [0.25, 0.3) is 0 Å². The highest BCUT2D eigenvalue weighted by Crippen LogP contribution is 2.35. The van der Waals surface area contributed by atoms with Gasteiger partial charge >= 0.3 is 11.9 Å². The maximum absolute atomic E-state index is 11.6. The van der Waals surface area contributed by atoms with E-state index in [0.717, 1.165) is 11.1 Å². The molecule has 0 bridgehead atoms. The molecular formula is C12H18O4. The number of ether oxygens (including phenoxy) is 2. The molecule has 0 spiro atoms. The molecule has 0 fully saturated rings. The average Bonchev–Trinajstić information content (AvgIpc) is 2.30. The lowest BCUT2D eigenvalue weighted by atomic mass is 9.76. The molecule has 0 saturated heterocycles. The molecule has 0 aromatic carbocycles. The summed E-state index contributed by atoms with van der Waals surface area (Å²) < 4.78 is 9.46. The third-order valence-corrected chi connectivity index (χ3v) is 3.27. The van der Waals surface area contributed by atoms with Crippen LogP contribution in [0.3, 0.4) is 0 Å². The van der Waals surface area contributed by atoms with Gasteiger partial charge in [-0.3, -0.25) is 9.59 Å². The number of rotatable bonds is 2. The average molecular weight is 226 g/mol. The highest BCUT2D eigenvalue weighted by atomic mass is 16.5. The van der Waals surface area contributed by atoms with Gasteiger partial charge in [0.15, 0.2) is 0 Å². The van der Waals surface area contributed by atoms with Crippen LogP contribution in [0.2, 0.25) is 0 Å². The predicted octanol–water partition coefficient (Wildman–Crippen LogP) is 1.70. The van der Waals surface area contributed by atoms with E-state index in [1.165, 1.54) is 14.2 Å². The zero-order valence-electron chi connectivity index (χ0n) is 10.2. The number of hydrogen-bond donors (Lipinski definition) is 0. The van der Waals surface area contributed by atoms with Crippen molar-refractivity contribution in [1.82, 2.24) is 0 Å². The fourth-order valence-corrected chi connectivity index (χ4v) is 2.09. The molecule has 0 amide bonds. The molecule has 16 heavy (non-hydrogen) atoms. The minimum absolute atomic E-state index is 0.331. The fraction of sp³-hybridized carbons (Fsp3) is 0.667. The molecule has 0 unspecified atom stereocenters. The molecular weight excluding hydrogens is 208 g/mol. The van der Waals surface area contributed by atoms with E-state index < -0.39 is 11.8 Å². The van der Waals surface area contributed by atoms with Gasteiger partial charge in [-0.15, -0.1) is 0 Å². The van der Waals surface area contributed by atoms with E-state index in [-0.39, 0.29) is 11.9 Å². The Kier molecular flexibility index (Phi) is 4.10. The number of carbonyl (C=O) groups excluding carboxylic acids is 2. The first-order chi connectivity index (χ1) is 7.51. The Balaban J connectivity index is 2.95. The molecule has 4 nitrogen and oxygen atoms in total. The van der Waals surface area contributed by atoms with Crippen LogP contribution in [-0.2, 0) is 19.1 Å². The maximum Gasteiger partial charge on any atom is 0.309 e. The first kappa shape index (κ1) is 12.7. The van der Waals surface area contributed by atoms with Crippen LogP contribution in [0, 0.1) is 11.8 Å². The minimum Gasteiger partial charge on any atom is -0.469 e. The summed E-state index contributed by atoms with van der Waals surface area (Å²) in [5, 5.41) is 0. The zero-order chi connectivity index (χ0) is 12.3. The number of methoxy groups -OCH3 is 2. The first-order valence-electron chi connectivity index (χ1n) is 5.32. The molecule has 0 radical (unpaired) electrons. The molecule has 0 saturated carbocycles. The van der Waals surface area contributed by atoms with Crippen molar-refractivity contribution in [2.24, 2.45) is 11.8 Å². The second kappa shape index (κ2) is 5.14. The Labute approximate surface area is 95.6 Å². The fourth-order valence-electron chi connectivity index (χ4n) is 2.09. The number of allylic oxidation sites excluding steroid dienone is 2. The molecule has 4 heteroatoms. The Morgan fingerprint density at radius 2 is 1.25 bits per heavy atom. The van der Waals surface area contributed by atoms with Crippen molar-refractivity contribution in [3.8, 4) is 0 Å². The summed E-state index contributed by atoms with van der Waals surface area (Å²) in [6.07, 6.45) is 1.16. The second-order valence-corrected chi connectivity index (χ2v) is 4.23. The van der Waals surface area contributed by atoms with Gasteiger partial charge in [0.1, 0.15) is 0 Å². The normalized spacial score (nSPS) is 25.2. The van der Waals surface area contributed by atoms with E-state index in [4.69, 9.17) is 9.47 Å². The second-order valence-electron chi connectivity index (χ2n) is 4.23. The minimum atomic E-state index is -0.402. The van der Waals surface area contributed by atoms with E-state index >= 15 is 0 Å². The van der Waals surface area contributed by atoms with Crippen LogP contribution < -0.4 is 0 Å². The van der Waals surface area contributed by atoms with Gasteiger partial charge in [-0.2, -0.15) is 0 Å². The quantitative estimate of drug-likeness (QED) is 0.531.